The molecule has 5 heteroatoms. The predicted molar refractivity (Wildman–Crippen MR) is 84.9 cm³/mol. The zero-order chi connectivity index (χ0) is 14.9. The summed E-state index contributed by atoms with van der Waals surface area (Å²) >= 11 is 12.2. The minimum Gasteiger partial charge on any atom is -0.325 e. The van der Waals surface area contributed by atoms with E-state index in [1.54, 1.807) is 36.7 Å². The van der Waals surface area contributed by atoms with Crippen LogP contribution >= 0.6 is 23.2 Å². The van der Waals surface area contributed by atoms with Crippen LogP contribution < -0.4 is 5.32 Å². The van der Waals surface area contributed by atoms with Crippen LogP contribution in [0.3, 0.4) is 0 Å². The van der Waals surface area contributed by atoms with Crippen LogP contribution in [0.15, 0.2) is 42.7 Å². The molecule has 0 bridgehead atoms. The molecule has 3 nitrogen and oxygen atoms in total. The average molecular weight is 321 g/mol. The van der Waals surface area contributed by atoms with E-state index < -0.39 is 5.41 Å². The lowest BCUT2D eigenvalue weighted by Gasteiger charge is -2.41. The molecule has 1 aliphatic carbocycles. The van der Waals surface area contributed by atoms with E-state index in [1.165, 1.54) is 0 Å². The van der Waals surface area contributed by atoms with Crippen molar-refractivity contribution in [1.82, 2.24) is 4.98 Å². The van der Waals surface area contributed by atoms with Crippen LogP contribution in [0, 0.1) is 0 Å². The van der Waals surface area contributed by atoms with E-state index in [0.717, 1.165) is 30.5 Å². The number of nitrogens with zero attached hydrogens (tertiary/aromatic N) is 1. The molecule has 0 spiro atoms. The number of halogens is 2. The fraction of sp³-hybridized carbons (Fsp3) is 0.250. The van der Waals surface area contributed by atoms with Crippen molar-refractivity contribution in [3.63, 3.8) is 0 Å². The first-order valence-electron chi connectivity index (χ1n) is 6.79. The van der Waals surface area contributed by atoms with Crippen molar-refractivity contribution in [1.29, 1.82) is 0 Å². The van der Waals surface area contributed by atoms with E-state index in [1.807, 2.05) is 6.07 Å². The predicted octanol–water partition coefficient (Wildman–Crippen LogP) is 4.45. The number of carbonyl (C=O) groups is 1. The minimum atomic E-state index is -0.551. The summed E-state index contributed by atoms with van der Waals surface area (Å²) in [4.78, 5) is 16.7. The van der Waals surface area contributed by atoms with Crippen molar-refractivity contribution in [2.45, 2.75) is 24.7 Å². The number of carbonyl (C=O) groups excluding carboxylic acids is 1. The van der Waals surface area contributed by atoms with Gasteiger partial charge in [-0.15, -0.1) is 0 Å². The molecule has 21 heavy (non-hydrogen) atoms. The Morgan fingerprint density at radius 3 is 2.43 bits per heavy atom. The van der Waals surface area contributed by atoms with Crippen molar-refractivity contribution in [2.24, 2.45) is 0 Å². The Hall–Kier alpha value is -1.58. The van der Waals surface area contributed by atoms with Crippen molar-refractivity contribution in [3.8, 4) is 0 Å². The van der Waals surface area contributed by atoms with Crippen LogP contribution in [0.25, 0.3) is 0 Å². The molecule has 0 atom stereocenters. The Morgan fingerprint density at radius 2 is 1.86 bits per heavy atom. The van der Waals surface area contributed by atoms with Crippen LogP contribution in [0.1, 0.15) is 24.8 Å². The van der Waals surface area contributed by atoms with Crippen molar-refractivity contribution >= 4 is 34.8 Å². The standard InChI is InChI=1S/C16H14Cl2N2O/c17-11-2-3-13(14(18)10-11)16(6-1-7-16)15(21)20-12-4-8-19-9-5-12/h2-5,8-10H,1,6-7H2,(H,19,20,21). The number of aromatic nitrogens is 1. The smallest absolute Gasteiger partial charge is 0.235 e. The van der Waals surface area contributed by atoms with Crippen LogP contribution in [-0.4, -0.2) is 10.9 Å². The summed E-state index contributed by atoms with van der Waals surface area (Å²) in [5.41, 5.74) is 1.04. The number of anilines is 1. The molecule has 2 aromatic rings. The second-order valence-corrected chi connectivity index (χ2v) is 6.09. The zero-order valence-electron chi connectivity index (χ0n) is 11.3. The Kier molecular flexibility index (Phi) is 3.87. The average Bonchev–Trinajstić information content (AvgIpc) is 2.41. The van der Waals surface area contributed by atoms with E-state index in [9.17, 15) is 4.79 Å². The van der Waals surface area contributed by atoms with E-state index in [0.29, 0.717) is 10.0 Å². The molecule has 1 aromatic heterocycles. The maximum absolute atomic E-state index is 12.7. The van der Waals surface area contributed by atoms with Gasteiger partial charge in [-0.1, -0.05) is 35.7 Å². The summed E-state index contributed by atoms with van der Waals surface area (Å²) < 4.78 is 0. The van der Waals surface area contributed by atoms with Gasteiger partial charge < -0.3 is 5.32 Å². The third-order valence-corrected chi connectivity index (χ3v) is 4.57. The highest BCUT2D eigenvalue weighted by atomic mass is 35.5. The Labute approximate surface area is 133 Å². The number of rotatable bonds is 3. The molecule has 0 unspecified atom stereocenters. The van der Waals surface area contributed by atoms with Gasteiger partial charge in [0.15, 0.2) is 0 Å². The maximum atomic E-state index is 12.7. The lowest BCUT2D eigenvalue weighted by atomic mass is 9.63. The monoisotopic (exact) mass is 320 g/mol. The van der Waals surface area contributed by atoms with Gasteiger partial charge >= 0.3 is 0 Å². The fourth-order valence-electron chi connectivity index (χ4n) is 2.71. The number of benzene rings is 1. The number of nitrogens with one attached hydrogen (secondary N) is 1. The molecular formula is C16H14Cl2N2O. The van der Waals surface area contributed by atoms with E-state index >= 15 is 0 Å². The minimum absolute atomic E-state index is 0.0239. The third kappa shape index (κ3) is 2.63. The first-order valence-corrected chi connectivity index (χ1v) is 7.54. The van der Waals surface area contributed by atoms with Crippen LogP contribution in [0.2, 0.25) is 10.0 Å². The SMILES string of the molecule is O=C(Nc1ccncc1)C1(c2ccc(Cl)cc2Cl)CCC1. The molecule has 1 aromatic carbocycles. The van der Waals surface area contributed by atoms with E-state index in [-0.39, 0.29) is 5.91 Å². The van der Waals surface area contributed by atoms with E-state index in [2.05, 4.69) is 10.3 Å². The highest BCUT2D eigenvalue weighted by molar-refractivity contribution is 6.35. The molecular weight excluding hydrogens is 307 g/mol. The van der Waals surface area contributed by atoms with Gasteiger partial charge in [-0.05, 0) is 42.7 Å². The number of amides is 1. The fourth-order valence-corrected chi connectivity index (χ4v) is 3.30. The molecule has 1 aliphatic rings. The summed E-state index contributed by atoms with van der Waals surface area (Å²) in [7, 11) is 0. The molecule has 1 amide bonds. The molecule has 1 heterocycles. The van der Waals surface area contributed by atoms with Gasteiger partial charge in [-0.25, -0.2) is 0 Å². The summed E-state index contributed by atoms with van der Waals surface area (Å²) in [6.07, 6.45) is 5.91. The van der Waals surface area contributed by atoms with Crippen LogP contribution in [0.4, 0.5) is 5.69 Å². The van der Waals surface area contributed by atoms with Crippen LogP contribution in [0.5, 0.6) is 0 Å². The lowest BCUT2D eigenvalue weighted by molar-refractivity contribution is -0.124. The van der Waals surface area contributed by atoms with Gasteiger partial charge in [0.1, 0.15) is 0 Å². The van der Waals surface area contributed by atoms with Gasteiger partial charge in [0.2, 0.25) is 5.91 Å². The molecule has 1 saturated carbocycles. The highest BCUT2D eigenvalue weighted by Gasteiger charge is 2.46. The van der Waals surface area contributed by atoms with Crippen LogP contribution in [-0.2, 0) is 10.2 Å². The zero-order valence-corrected chi connectivity index (χ0v) is 12.8. The van der Waals surface area contributed by atoms with Gasteiger partial charge in [0.25, 0.3) is 0 Å². The number of hydrogen-bond donors (Lipinski definition) is 1. The lowest BCUT2D eigenvalue weighted by Crippen LogP contribution is -2.46. The summed E-state index contributed by atoms with van der Waals surface area (Å²) in [6, 6.07) is 8.87. The van der Waals surface area contributed by atoms with Gasteiger partial charge in [-0.3, -0.25) is 9.78 Å². The first-order chi connectivity index (χ1) is 10.1. The van der Waals surface area contributed by atoms with Crippen molar-refractivity contribution < 1.29 is 4.79 Å². The van der Waals surface area contributed by atoms with Crippen molar-refractivity contribution in [2.75, 3.05) is 5.32 Å². The number of pyridine rings is 1. The van der Waals surface area contributed by atoms with Gasteiger partial charge in [-0.2, -0.15) is 0 Å². The largest absolute Gasteiger partial charge is 0.325 e. The molecule has 0 saturated heterocycles. The first kappa shape index (κ1) is 14.4. The van der Waals surface area contributed by atoms with Gasteiger partial charge in [0, 0.05) is 28.1 Å². The topological polar surface area (TPSA) is 42.0 Å². The third-order valence-electron chi connectivity index (χ3n) is 4.03. The summed E-state index contributed by atoms with van der Waals surface area (Å²) in [5, 5.41) is 4.08. The quantitative estimate of drug-likeness (QED) is 0.907. The molecule has 108 valence electrons. The molecule has 0 radical (unpaired) electrons. The second kappa shape index (κ2) is 5.66. The normalized spacial score (nSPS) is 16.1. The van der Waals surface area contributed by atoms with E-state index in [4.69, 9.17) is 23.2 Å². The second-order valence-electron chi connectivity index (χ2n) is 5.25. The molecule has 1 N–H and O–H groups in total. The Balaban J connectivity index is 1.91. The summed E-state index contributed by atoms with van der Waals surface area (Å²) in [6.45, 7) is 0. The highest BCUT2D eigenvalue weighted by Crippen LogP contribution is 2.47. The molecule has 0 aliphatic heterocycles. The Morgan fingerprint density at radius 1 is 1.14 bits per heavy atom. The molecule has 1 fully saturated rings. The van der Waals surface area contributed by atoms with Gasteiger partial charge in [0.05, 0.1) is 5.41 Å². The number of hydrogen-bond acceptors (Lipinski definition) is 2. The molecule has 3 rings (SSSR count). The van der Waals surface area contributed by atoms with Crippen molar-refractivity contribution in [3.05, 3.63) is 58.3 Å². The summed E-state index contributed by atoms with van der Waals surface area (Å²) in [5.74, 6) is -0.0239. The Bertz CT molecular complexity index is 669. The maximum Gasteiger partial charge on any atom is 0.235 e.